The Bertz CT molecular complexity index is 638. The first-order chi connectivity index (χ1) is 10.5. The van der Waals surface area contributed by atoms with Crippen LogP contribution >= 0.6 is 0 Å². The van der Waals surface area contributed by atoms with Crippen LogP contribution in [0.2, 0.25) is 0 Å². The maximum atomic E-state index is 12.7. The Kier molecular flexibility index (Phi) is 5.36. The third-order valence-electron chi connectivity index (χ3n) is 3.22. The van der Waals surface area contributed by atoms with E-state index in [9.17, 15) is 19.4 Å². The van der Waals surface area contributed by atoms with Crippen LogP contribution in [-0.2, 0) is 22.4 Å². The van der Waals surface area contributed by atoms with Gasteiger partial charge in [0.15, 0.2) is 11.5 Å². The van der Waals surface area contributed by atoms with Crippen molar-refractivity contribution in [3.05, 3.63) is 59.4 Å². The van der Waals surface area contributed by atoms with E-state index in [0.717, 1.165) is 11.1 Å². The Morgan fingerprint density at radius 2 is 1.64 bits per heavy atom. The number of aryl methyl sites for hydroxylation is 1. The average Bonchev–Trinajstić information content (AvgIpc) is 2.50. The topological polar surface area (TPSA) is 66.8 Å². The van der Waals surface area contributed by atoms with E-state index in [4.69, 9.17) is 4.74 Å². The second kappa shape index (κ2) is 7.45. The first-order valence-corrected chi connectivity index (χ1v) is 6.95. The fraction of sp³-hybridized carbons (Fsp3) is 0.235. The maximum Gasteiger partial charge on any atom is 0.306 e. The van der Waals surface area contributed by atoms with Crippen molar-refractivity contribution in [1.82, 2.24) is 0 Å². The Hall–Kier alpha value is -2.56. The molecule has 0 atom stereocenters. The van der Waals surface area contributed by atoms with Crippen LogP contribution in [0, 0.1) is 5.82 Å². The highest BCUT2D eigenvalue weighted by Crippen LogP contribution is 2.25. The van der Waals surface area contributed by atoms with E-state index >= 15 is 0 Å². The van der Waals surface area contributed by atoms with Gasteiger partial charge in [0.2, 0.25) is 0 Å². The van der Waals surface area contributed by atoms with Crippen LogP contribution in [0.4, 0.5) is 4.39 Å². The third-order valence-corrected chi connectivity index (χ3v) is 3.22. The van der Waals surface area contributed by atoms with Crippen LogP contribution in [0.1, 0.15) is 17.5 Å². The van der Waals surface area contributed by atoms with Gasteiger partial charge in [-0.2, -0.15) is 0 Å². The van der Waals surface area contributed by atoms with Crippen molar-refractivity contribution in [2.45, 2.75) is 19.3 Å². The number of carbonyl (C=O) groups excluding carboxylic acids is 1. The molecule has 0 aliphatic heterocycles. The number of halogens is 1. The highest BCUT2D eigenvalue weighted by atomic mass is 19.1. The van der Waals surface area contributed by atoms with Crippen LogP contribution in [0.3, 0.4) is 0 Å². The molecule has 0 radical (unpaired) electrons. The molecule has 0 saturated heterocycles. The fourth-order valence-electron chi connectivity index (χ4n) is 1.98. The minimum atomic E-state index is -0.338. The molecule has 0 heterocycles. The molecule has 0 aliphatic rings. The van der Waals surface area contributed by atoms with E-state index in [1.54, 1.807) is 18.2 Å². The number of aromatic hydroxyl groups is 2. The number of benzene rings is 2. The molecule has 2 N–H and O–H groups in total. The van der Waals surface area contributed by atoms with Crippen molar-refractivity contribution in [2.24, 2.45) is 0 Å². The first kappa shape index (κ1) is 15.8. The largest absolute Gasteiger partial charge is 0.504 e. The molecule has 116 valence electrons. The number of ether oxygens (including phenoxy) is 1. The van der Waals surface area contributed by atoms with Gasteiger partial charge in [0.05, 0.1) is 6.61 Å². The molecule has 0 spiro atoms. The summed E-state index contributed by atoms with van der Waals surface area (Å²) >= 11 is 0. The second-order valence-corrected chi connectivity index (χ2v) is 4.92. The summed E-state index contributed by atoms with van der Waals surface area (Å²) in [7, 11) is 0. The summed E-state index contributed by atoms with van der Waals surface area (Å²) < 4.78 is 17.8. The van der Waals surface area contributed by atoms with E-state index in [1.165, 1.54) is 24.3 Å². The molecule has 2 rings (SSSR count). The van der Waals surface area contributed by atoms with Gasteiger partial charge in [0, 0.05) is 12.8 Å². The minimum Gasteiger partial charge on any atom is -0.504 e. The Balaban J connectivity index is 1.71. The van der Waals surface area contributed by atoms with Crippen LogP contribution in [0.5, 0.6) is 11.5 Å². The molecule has 4 nitrogen and oxygen atoms in total. The molecule has 22 heavy (non-hydrogen) atoms. The molecule has 0 fully saturated rings. The van der Waals surface area contributed by atoms with E-state index < -0.39 is 0 Å². The predicted molar refractivity (Wildman–Crippen MR) is 79.2 cm³/mol. The fourth-order valence-corrected chi connectivity index (χ4v) is 1.98. The smallest absolute Gasteiger partial charge is 0.306 e. The van der Waals surface area contributed by atoms with Crippen molar-refractivity contribution < 1.29 is 24.1 Å². The van der Waals surface area contributed by atoms with Crippen molar-refractivity contribution in [3.63, 3.8) is 0 Å². The van der Waals surface area contributed by atoms with E-state index in [0.29, 0.717) is 12.8 Å². The average molecular weight is 304 g/mol. The molecular weight excluding hydrogens is 287 g/mol. The lowest BCUT2D eigenvalue weighted by atomic mass is 10.1. The van der Waals surface area contributed by atoms with E-state index in [2.05, 4.69) is 0 Å². The van der Waals surface area contributed by atoms with Gasteiger partial charge in [-0.25, -0.2) is 4.39 Å². The van der Waals surface area contributed by atoms with Crippen LogP contribution < -0.4 is 0 Å². The van der Waals surface area contributed by atoms with Gasteiger partial charge in [-0.3, -0.25) is 4.79 Å². The zero-order valence-electron chi connectivity index (χ0n) is 12.0. The maximum absolute atomic E-state index is 12.7. The van der Waals surface area contributed by atoms with E-state index in [1.807, 2.05) is 0 Å². The number of phenolic OH excluding ortho intramolecular Hbond substituents is 2. The van der Waals surface area contributed by atoms with E-state index in [-0.39, 0.29) is 36.3 Å². The molecule has 2 aromatic carbocycles. The number of phenols is 2. The molecular formula is C17H17FO4. The van der Waals surface area contributed by atoms with Crippen LogP contribution in [-0.4, -0.2) is 22.8 Å². The SMILES string of the molecule is O=C(CCc1ccc(O)c(O)c1)OCCc1ccc(F)cc1. The molecule has 0 unspecified atom stereocenters. The van der Waals surface area contributed by atoms with Gasteiger partial charge in [-0.15, -0.1) is 0 Å². The third kappa shape index (κ3) is 4.77. The number of carbonyl (C=O) groups is 1. The zero-order valence-corrected chi connectivity index (χ0v) is 12.0. The van der Waals surface area contributed by atoms with Crippen molar-refractivity contribution >= 4 is 5.97 Å². The Morgan fingerprint density at radius 3 is 2.32 bits per heavy atom. The lowest BCUT2D eigenvalue weighted by molar-refractivity contribution is -0.143. The number of hydrogen-bond acceptors (Lipinski definition) is 4. The van der Waals surface area contributed by atoms with Gasteiger partial charge in [0.1, 0.15) is 5.82 Å². The molecule has 0 aromatic heterocycles. The predicted octanol–water partition coefficient (Wildman–Crippen LogP) is 2.96. The van der Waals surface area contributed by atoms with Crippen LogP contribution in [0.15, 0.2) is 42.5 Å². The molecule has 0 aliphatic carbocycles. The summed E-state index contributed by atoms with van der Waals surface area (Å²) in [5, 5.41) is 18.6. The van der Waals surface area contributed by atoms with Crippen molar-refractivity contribution in [3.8, 4) is 11.5 Å². The van der Waals surface area contributed by atoms with Gasteiger partial charge >= 0.3 is 5.97 Å². The summed E-state index contributed by atoms with van der Waals surface area (Å²) in [6.07, 6.45) is 1.14. The lowest BCUT2D eigenvalue weighted by Crippen LogP contribution is -2.08. The standard InChI is InChI=1S/C17H17FO4/c18-14-5-1-12(2-6-14)9-10-22-17(21)8-4-13-3-7-15(19)16(20)11-13/h1-3,5-7,11,19-20H,4,8-10H2. The summed E-state index contributed by atoms with van der Waals surface area (Å²) in [6.45, 7) is 0.241. The van der Waals surface area contributed by atoms with Gasteiger partial charge in [-0.05, 0) is 41.8 Å². The molecule has 5 heteroatoms. The number of rotatable bonds is 6. The van der Waals surface area contributed by atoms with Crippen molar-refractivity contribution in [2.75, 3.05) is 6.61 Å². The zero-order chi connectivity index (χ0) is 15.9. The molecule has 0 saturated carbocycles. The minimum absolute atomic E-state index is 0.188. The molecule has 0 amide bonds. The van der Waals surface area contributed by atoms with Gasteiger partial charge in [-0.1, -0.05) is 18.2 Å². The normalized spacial score (nSPS) is 10.4. The highest BCUT2D eigenvalue weighted by molar-refractivity contribution is 5.69. The summed E-state index contributed by atoms with van der Waals surface area (Å²) in [5.74, 6) is -1.03. The Labute approximate surface area is 127 Å². The summed E-state index contributed by atoms with van der Waals surface area (Å²) in [5.41, 5.74) is 1.64. The summed E-state index contributed by atoms with van der Waals surface area (Å²) in [6, 6.07) is 10.5. The van der Waals surface area contributed by atoms with Gasteiger partial charge < -0.3 is 14.9 Å². The first-order valence-electron chi connectivity index (χ1n) is 6.95. The monoisotopic (exact) mass is 304 g/mol. The van der Waals surface area contributed by atoms with Gasteiger partial charge in [0.25, 0.3) is 0 Å². The summed E-state index contributed by atoms with van der Waals surface area (Å²) in [4.78, 5) is 11.6. The molecule has 2 aromatic rings. The molecule has 0 bridgehead atoms. The number of esters is 1. The van der Waals surface area contributed by atoms with Crippen LogP contribution in [0.25, 0.3) is 0 Å². The van der Waals surface area contributed by atoms with Crippen molar-refractivity contribution in [1.29, 1.82) is 0 Å². The number of hydrogen-bond donors (Lipinski definition) is 2. The second-order valence-electron chi connectivity index (χ2n) is 4.92. The Morgan fingerprint density at radius 1 is 0.955 bits per heavy atom. The lowest BCUT2D eigenvalue weighted by Gasteiger charge is -2.06. The quantitative estimate of drug-likeness (QED) is 0.636. The highest BCUT2D eigenvalue weighted by Gasteiger charge is 2.06.